The Morgan fingerprint density at radius 1 is 1.14 bits per heavy atom. The highest BCUT2D eigenvalue weighted by atomic mass is 32.2. The van der Waals surface area contributed by atoms with Crippen molar-refractivity contribution >= 4 is 45.9 Å². The lowest BCUT2D eigenvalue weighted by Gasteiger charge is -2.10. The van der Waals surface area contributed by atoms with Crippen LogP contribution in [0.3, 0.4) is 0 Å². The van der Waals surface area contributed by atoms with Crippen LogP contribution in [0.2, 0.25) is 0 Å². The Balaban J connectivity index is 1.49. The highest BCUT2D eigenvalue weighted by molar-refractivity contribution is 7.99. The van der Waals surface area contributed by atoms with Gasteiger partial charge in [0.1, 0.15) is 5.75 Å². The van der Waals surface area contributed by atoms with Crippen LogP contribution >= 0.6 is 11.8 Å². The summed E-state index contributed by atoms with van der Waals surface area (Å²) in [6.45, 7) is 6.26. The van der Waals surface area contributed by atoms with Crippen LogP contribution in [0, 0.1) is 0 Å². The number of benzene rings is 2. The van der Waals surface area contributed by atoms with E-state index in [9.17, 15) is 14.4 Å². The number of hydrogen-bond donors (Lipinski definition) is 2. The summed E-state index contributed by atoms with van der Waals surface area (Å²) in [6.07, 6.45) is 1.62. The highest BCUT2D eigenvalue weighted by Crippen LogP contribution is 2.22. The van der Waals surface area contributed by atoms with E-state index in [1.807, 2.05) is 19.1 Å². The number of hydrogen-bond acceptors (Lipinski definition) is 7. The number of ether oxygens (including phenoxy) is 1. The van der Waals surface area contributed by atoms with E-state index in [-0.39, 0.29) is 36.3 Å². The van der Waals surface area contributed by atoms with Gasteiger partial charge in [0.05, 0.1) is 16.7 Å². The molecule has 0 radical (unpaired) electrons. The molecule has 2 aromatic heterocycles. The molecule has 0 saturated carbocycles. The van der Waals surface area contributed by atoms with Gasteiger partial charge in [-0.15, -0.1) is 16.8 Å². The minimum absolute atomic E-state index is 0.0691. The van der Waals surface area contributed by atoms with E-state index in [1.54, 1.807) is 46.9 Å². The van der Waals surface area contributed by atoms with Gasteiger partial charge in [-0.1, -0.05) is 36.0 Å². The lowest BCUT2D eigenvalue weighted by atomic mass is 10.2. The van der Waals surface area contributed by atoms with Gasteiger partial charge in [-0.05, 0) is 31.2 Å². The fourth-order valence-electron chi connectivity index (χ4n) is 3.51. The number of amides is 2. The second-order valence-corrected chi connectivity index (χ2v) is 8.39. The maximum Gasteiger partial charge on any atom is 0.263 e. The fourth-order valence-corrected chi connectivity index (χ4v) is 4.25. The van der Waals surface area contributed by atoms with Gasteiger partial charge in [0.15, 0.2) is 11.8 Å². The average molecular weight is 493 g/mol. The number of likely N-dealkylation sites (N-methyl/N-ethyl adjacent to an activating group) is 1. The Morgan fingerprint density at radius 2 is 1.97 bits per heavy atom. The number of carbonyl (C=O) groups excluding carboxylic acids is 2. The Morgan fingerprint density at radius 3 is 2.77 bits per heavy atom. The topological polar surface area (TPSA) is 120 Å². The summed E-state index contributed by atoms with van der Waals surface area (Å²) in [7, 11) is 0. The second-order valence-electron chi connectivity index (χ2n) is 7.45. The lowest BCUT2D eigenvalue weighted by molar-refractivity contribution is -0.123. The first-order valence-corrected chi connectivity index (χ1v) is 11.9. The van der Waals surface area contributed by atoms with Crippen molar-refractivity contribution < 1.29 is 14.3 Å². The summed E-state index contributed by atoms with van der Waals surface area (Å²) in [5, 5.41) is 14.9. The van der Waals surface area contributed by atoms with Crippen molar-refractivity contribution in [3.63, 3.8) is 0 Å². The van der Waals surface area contributed by atoms with Gasteiger partial charge in [0, 0.05) is 24.8 Å². The van der Waals surface area contributed by atoms with E-state index in [4.69, 9.17) is 4.74 Å². The molecule has 0 fully saturated rings. The lowest BCUT2D eigenvalue weighted by Crippen LogP contribution is -2.28. The number of anilines is 1. The molecule has 0 saturated heterocycles. The third-order valence-corrected chi connectivity index (χ3v) is 5.91. The van der Waals surface area contributed by atoms with Crippen LogP contribution in [-0.4, -0.2) is 49.9 Å². The van der Waals surface area contributed by atoms with Crippen LogP contribution in [0.5, 0.6) is 5.75 Å². The molecule has 11 heteroatoms. The molecule has 35 heavy (non-hydrogen) atoms. The van der Waals surface area contributed by atoms with Gasteiger partial charge in [0.2, 0.25) is 11.7 Å². The van der Waals surface area contributed by atoms with E-state index in [0.717, 1.165) is 0 Å². The summed E-state index contributed by atoms with van der Waals surface area (Å²) < 4.78 is 8.74. The number of para-hydroxylation sites is 1. The predicted molar refractivity (Wildman–Crippen MR) is 135 cm³/mol. The minimum Gasteiger partial charge on any atom is -0.484 e. The van der Waals surface area contributed by atoms with Crippen LogP contribution in [0.15, 0.2) is 71.1 Å². The third kappa shape index (κ3) is 5.35. The van der Waals surface area contributed by atoms with E-state index >= 15 is 0 Å². The molecule has 2 N–H and O–H groups in total. The monoisotopic (exact) mass is 492 g/mol. The molecule has 0 spiro atoms. The maximum atomic E-state index is 12.9. The fraction of sp³-hybridized carbons (Fsp3) is 0.208. The zero-order valence-electron chi connectivity index (χ0n) is 19.1. The molecule has 4 aromatic rings. The van der Waals surface area contributed by atoms with Crippen molar-refractivity contribution in [1.82, 2.24) is 24.5 Å². The Labute approximate surface area is 205 Å². The maximum absolute atomic E-state index is 12.9. The average Bonchev–Trinajstić information content (AvgIpc) is 3.28. The standard InChI is InChI=1S/C24H24N6O4S/c1-3-12-29-22(33)18-10-5-6-11-19(18)30-23(29)27-28-24(30)35-15-21(32)26-16-8-7-9-17(13-16)34-14-20(31)25-4-2/h3,5-11,13H,1,4,12,14-15H2,2H3,(H,25,31)(H,26,32). The molecule has 0 aliphatic heterocycles. The molecular weight excluding hydrogens is 468 g/mol. The summed E-state index contributed by atoms with van der Waals surface area (Å²) in [5.74, 6) is 0.450. The van der Waals surface area contributed by atoms with Gasteiger partial charge in [-0.2, -0.15) is 0 Å². The van der Waals surface area contributed by atoms with Gasteiger partial charge >= 0.3 is 0 Å². The van der Waals surface area contributed by atoms with E-state index in [1.165, 1.54) is 16.3 Å². The predicted octanol–water partition coefficient (Wildman–Crippen LogP) is 2.48. The molecule has 2 heterocycles. The van der Waals surface area contributed by atoms with Gasteiger partial charge < -0.3 is 15.4 Å². The molecule has 0 atom stereocenters. The molecule has 2 aromatic carbocycles. The zero-order chi connectivity index (χ0) is 24.8. The molecule has 2 amide bonds. The highest BCUT2D eigenvalue weighted by Gasteiger charge is 2.17. The van der Waals surface area contributed by atoms with Gasteiger partial charge in [0.25, 0.3) is 11.5 Å². The second kappa shape index (κ2) is 10.9. The molecule has 0 unspecified atom stereocenters. The number of aromatic nitrogens is 4. The van der Waals surface area contributed by atoms with E-state index in [0.29, 0.717) is 39.8 Å². The molecular formula is C24H24N6O4S. The van der Waals surface area contributed by atoms with Gasteiger partial charge in [-0.3, -0.25) is 23.4 Å². The van der Waals surface area contributed by atoms with Crippen molar-refractivity contribution in [3.05, 3.63) is 71.5 Å². The SMILES string of the molecule is C=CCn1c(=O)c2ccccc2n2c(SCC(=O)Nc3cccc(OCC(=O)NCC)c3)nnc12. The van der Waals surface area contributed by atoms with Crippen molar-refractivity contribution in [2.24, 2.45) is 0 Å². The first-order valence-electron chi connectivity index (χ1n) is 10.9. The number of nitrogens with zero attached hydrogens (tertiary/aromatic N) is 4. The van der Waals surface area contributed by atoms with E-state index in [2.05, 4.69) is 27.4 Å². The largest absolute Gasteiger partial charge is 0.484 e. The number of nitrogens with one attached hydrogen (secondary N) is 2. The third-order valence-electron chi connectivity index (χ3n) is 4.98. The number of allylic oxidation sites excluding steroid dienone is 1. The van der Waals surface area contributed by atoms with Crippen molar-refractivity contribution in [3.8, 4) is 5.75 Å². The number of fused-ring (bicyclic) bond motifs is 3. The first-order chi connectivity index (χ1) is 17.0. The molecule has 0 aliphatic carbocycles. The minimum atomic E-state index is -0.253. The summed E-state index contributed by atoms with van der Waals surface area (Å²) in [4.78, 5) is 37.1. The molecule has 180 valence electrons. The smallest absolute Gasteiger partial charge is 0.263 e. The molecule has 4 rings (SSSR count). The van der Waals surface area contributed by atoms with Crippen molar-refractivity contribution in [2.45, 2.75) is 18.6 Å². The first kappa shape index (κ1) is 24.0. The summed E-state index contributed by atoms with van der Waals surface area (Å²) in [6, 6.07) is 14.0. The Bertz CT molecular complexity index is 1460. The van der Waals surface area contributed by atoms with Crippen molar-refractivity contribution in [1.29, 1.82) is 0 Å². The van der Waals surface area contributed by atoms with Crippen LogP contribution in [0.1, 0.15) is 6.92 Å². The summed E-state index contributed by atoms with van der Waals surface area (Å²) in [5.41, 5.74) is 1.03. The molecule has 0 aliphatic rings. The van der Waals surface area contributed by atoms with Crippen LogP contribution in [0.4, 0.5) is 5.69 Å². The number of carbonyl (C=O) groups is 2. The number of rotatable bonds is 10. The van der Waals surface area contributed by atoms with Crippen molar-refractivity contribution in [2.75, 3.05) is 24.2 Å². The molecule has 0 bridgehead atoms. The Kier molecular flexibility index (Phi) is 7.46. The normalized spacial score (nSPS) is 10.9. The molecule has 10 nitrogen and oxygen atoms in total. The number of thioether (sulfide) groups is 1. The Hall–Kier alpha value is -4.12. The van der Waals surface area contributed by atoms with Crippen LogP contribution < -0.4 is 20.9 Å². The quantitative estimate of drug-likeness (QED) is 0.258. The zero-order valence-corrected chi connectivity index (χ0v) is 19.9. The van der Waals surface area contributed by atoms with Crippen LogP contribution in [-0.2, 0) is 16.1 Å². The summed E-state index contributed by atoms with van der Waals surface area (Å²) >= 11 is 1.21. The van der Waals surface area contributed by atoms with Crippen LogP contribution in [0.25, 0.3) is 16.7 Å². The van der Waals surface area contributed by atoms with Gasteiger partial charge in [-0.25, -0.2) is 0 Å². The van der Waals surface area contributed by atoms with E-state index < -0.39 is 0 Å².